The summed E-state index contributed by atoms with van der Waals surface area (Å²) in [6.07, 6.45) is 15.7. The standard InChI is InChI=1S/C15H29N/c1-3-14(12-13(2)16)8-4-5-9-15-10-6-7-11-15/h4,8,13-15H,3,5-7,9-12,16H2,1-2H3/b8-4+. The van der Waals surface area contributed by atoms with Gasteiger partial charge >= 0.3 is 0 Å². The van der Waals surface area contributed by atoms with Crippen molar-refractivity contribution in [3.05, 3.63) is 12.2 Å². The number of nitrogens with two attached hydrogens (primary N) is 1. The van der Waals surface area contributed by atoms with Crippen molar-refractivity contribution in [2.75, 3.05) is 0 Å². The third-order valence-corrected chi connectivity index (χ3v) is 3.82. The minimum Gasteiger partial charge on any atom is -0.328 e. The lowest BCUT2D eigenvalue weighted by atomic mass is 9.96. The molecule has 2 unspecified atom stereocenters. The SMILES string of the molecule is CCC(/C=C/CCC1CCCC1)CC(C)N. The summed E-state index contributed by atoms with van der Waals surface area (Å²) in [5, 5.41) is 0. The van der Waals surface area contributed by atoms with E-state index in [-0.39, 0.29) is 0 Å². The molecule has 0 aromatic rings. The van der Waals surface area contributed by atoms with Gasteiger partial charge in [0, 0.05) is 6.04 Å². The highest BCUT2D eigenvalue weighted by Crippen LogP contribution is 2.28. The van der Waals surface area contributed by atoms with Gasteiger partial charge in [0.1, 0.15) is 0 Å². The van der Waals surface area contributed by atoms with Crippen molar-refractivity contribution in [2.24, 2.45) is 17.6 Å². The van der Waals surface area contributed by atoms with Crippen LogP contribution in [-0.4, -0.2) is 6.04 Å². The Balaban J connectivity index is 2.13. The molecule has 1 nitrogen and oxygen atoms in total. The molecule has 0 amide bonds. The summed E-state index contributed by atoms with van der Waals surface area (Å²) >= 11 is 0. The van der Waals surface area contributed by atoms with E-state index in [1.54, 1.807) is 0 Å². The summed E-state index contributed by atoms with van der Waals surface area (Å²) in [7, 11) is 0. The molecule has 0 spiro atoms. The lowest BCUT2D eigenvalue weighted by molar-refractivity contribution is 0.498. The second kappa shape index (κ2) is 7.89. The Morgan fingerprint density at radius 1 is 1.31 bits per heavy atom. The van der Waals surface area contributed by atoms with Gasteiger partial charge in [0.25, 0.3) is 0 Å². The Kier molecular flexibility index (Phi) is 6.79. The van der Waals surface area contributed by atoms with Gasteiger partial charge in [-0.05, 0) is 44.4 Å². The largest absolute Gasteiger partial charge is 0.328 e. The van der Waals surface area contributed by atoms with Crippen molar-refractivity contribution in [3.63, 3.8) is 0 Å². The number of hydrogen-bond acceptors (Lipinski definition) is 1. The molecule has 0 bridgehead atoms. The molecule has 1 heteroatoms. The third kappa shape index (κ3) is 5.69. The molecular formula is C15H29N. The molecule has 0 aromatic heterocycles. The van der Waals surface area contributed by atoms with Crippen molar-refractivity contribution in [1.82, 2.24) is 0 Å². The molecule has 1 saturated carbocycles. The van der Waals surface area contributed by atoms with Gasteiger partial charge in [0.15, 0.2) is 0 Å². The van der Waals surface area contributed by atoms with Gasteiger partial charge in [-0.1, -0.05) is 44.8 Å². The number of hydrogen-bond donors (Lipinski definition) is 1. The molecule has 0 aromatic carbocycles. The summed E-state index contributed by atoms with van der Waals surface area (Å²) in [6, 6.07) is 0.337. The van der Waals surface area contributed by atoms with Crippen LogP contribution in [-0.2, 0) is 0 Å². The van der Waals surface area contributed by atoms with Crippen molar-refractivity contribution in [2.45, 2.75) is 71.3 Å². The van der Waals surface area contributed by atoms with E-state index < -0.39 is 0 Å². The first-order chi connectivity index (χ1) is 7.72. The quantitative estimate of drug-likeness (QED) is 0.641. The van der Waals surface area contributed by atoms with E-state index in [1.165, 1.54) is 44.9 Å². The Bertz CT molecular complexity index is 190. The Labute approximate surface area is 101 Å². The van der Waals surface area contributed by atoms with Crippen LogP contribution in [0, 0.1) is 11.8 Å². The molecule has 1 aliphatic rings. The zero-order chi connectivity index (χ0) is 11.8. The summed E-state index contributed by atoms with van der Waals surface area (Å²) in [5.41, 5.74) is 5.84. The molecule has 0 saturated heterocycles. The highest BCUT2D eigenvalue weighted by molar-refractivity contribution is 4.89. The van der Waals surface area contributed by atoms with Crippen molar-refractivity contribution in [1.29, 1.82) is 0 Å². The first-order valence-corrected chi connectivity index (χ1v) is 7.14. The van der Waals surface area contributed by atoms with Gasteiger partial charge in [0.2, 0.25) is 0 Å². The lowest BCUT2D eigenvalue weighted by Crippen LogP contribution is -2.18. The molecule has 1 aliphatic carbocycles. The molecule has 16 heavy (non-hydrogen) atoms. The fourth-order valence-electron chi connectivity index (χ4n) is 2.78. The summed E-state index contributed by atoms with van der Waals surface area (Å²) in [6.45, 7) is 4.36. The second-order valence-electron chi connectivity index (χ2n) is 5.54. The second-order valence-corrected chi connectivity index (χ2v) is 5.54. The molecule has 2 atom stereocenters. The Hall–Kier alpha value is -0.300. The molecule has 1 rings (SSSR count). The van der Waals surface area contributed by atoms with E-state index in [2.05, 4.69) is 26.0 Å². The van der Waals surface area contributed by atoms with Crippen LogP contribution in [0.5, 0.6) is 0 Å². The van der Waals surface area contributed by atoms with Crippen LogP contribution >= 0.6 is 0 Å². The Morgan fingerprint density at radius 3 is 2.56 bits per heavy atom. The van der Waals surface area contributed by atoms with Crippen molar-refractivity contribution >= 4 is 0 Å². The monoisotopic (exact) mass is 223 g/mol. The predicted octanol–water partition coefficient (Wildman–Crippen LogP) is 4.28. The van der Waals surface area contributed by atoms with Crippen LogP contribution in [0.3, 0.4) is 0 Å². The minimum atomic E-state index is 0.337. The lowest BCUT2D eigenvalue weighted by Gasteiger charge is -2.12. The van der Waals surface area contributed by atoms with Gasteiger partial charge in [-0.15, -0.1) is 0 Å². The Morgan fingerprint density at radius 2 is 2.00 bits per heavy atom. The first kappa shape index (κ1) is 13.8. The van der Waals surface area contributed by atoms with Gasteiger partial charge in [-0.2, -0.15) is 0 Å². The van der Waals surface area contributed by atoms with Crippen molar-refractivity contribution < 1.29 is 0 Å². The van der Waals surface area contributed by atoms with E-state index >= 15 is 0 Å². The molecule has 2 N–H and O–H groups in total. The van der Waals surface area contributed by atoms with E-state index in [9.17, 15) is 0 Å². The van der Waals surface area contributed by atoms with Gasteiger partial charge in [-0.3, -0.25) is 0 Å². The maximum absolute atomic E-state index is 5.84. The van der Waals surface area contributed by atoms with E-state index in [4.69, 9.17) is 5.73 Å². The molecular weight excluding hydrogens is 194 g/mol. The highest BCUT2D eigenvalue weighted by Gasteiger charge is 2.13. The zero-order valence-corrected chi connectivity index (χ0v) is 11.1. The maximum atomic E-state index is 5.84. The van der Waals surface area contributed by atoms with E-state index in [0.717, 1.165) is 12.3 Å². The van der Waals surface area contributed by atoms with Crippen molar-refractivity contribution in [3.8, 4) is 0 Å². The smallest absolute Gasteiger partial charge is 0.00160 e. The van der Waals surface area contributed by atoms with Crippen LogP contribution in [0.25, 0.3) is 0 Å². The topological polar surface area (TPSA) is 26.0 Å². The summed E-state index contributed by atoms with van der Waals surface area (Å²) < 4.78 is 0. The molecule has 94 valence electrons. The van der Waals surface area contributed by atoms with Gasteiger partial charge in [-0.25, -0.2) is 0 Å². The normalized spacial score (nSPS) is 21.7. The molecule has 0 heterocycles. The molecule has 0 aliphatic heterocycles. The highest BCUT2D eigenvalue weighted by atomic mass is 14.6. The molecule has 0 radical (unpaired) electrons. The van der Waals surface area contributed by atoms with Crippen LogP contribution in [0.4, 0.5) is 0 Å². The van der Waals surface area contributed by atoms with Crippen LogP contribution in [0.2, 0.25) is 0 Å². The summed E-state index contributed by atoms with van der Waals surface area (Å²) in [4.78, 5) is 0. The fourth-order valence-corrected chi connectivity index (χ4v) is 2.78. The minimum absolute atomic E-state index is 0.337. The summed E-state index contributed by atoms with van der Waals surface area (Å²) in [5.74, 6) is 1.72. The zero-order valence-electron chi connectivity index (χ0n) is 11.1. The van der Waals surface area contributed by atoms with Crippen LogP contribution < -0.4 is 5.73 Å². The van der Waals surface area contributed by atoms with E-state index in [0.29, 0.717) is 12.0 Å². The number of allylic oxidation sites excluding steroid dienone is 2. The first-order valence-electron chi connectivity index (χ1n) is 7.14. The number of rotatable bonds is 7. The maximum Gasteiger partial charge on any atom is 0.00160 e. The van der Waals surface area contributed by atoms with Gasteiger partial charge in [0.05, 0.1) is 0 Å². The average Bonchev–Trinajstić information content (AvgIpc) is 2.74. The fraction of sp³-hybridized carbons (Fsp3) is 0.867. The average molecular weight is 223 g/mol. The molecule has 1 fully saturated rings. The van der Waals surface area contributed by atoms with Gasteiger partial charge < -0.3 is 5.73 Å². The van der Waals surface area contributed by atoms with E-state index in [1.807, 2.05) is 0 Å². The van der Waals surface area contributed by atoms with Crippen LogP contribution in [0.15, 0.2) is 12.2 Å². The van der Waals surface area contributed by atoms with Crippen LogP contribution in [0.1, 0.15) is 65.2 Å². The predicted molar refractivity (Wildman–Crippen MR) is 72.4 cm³/mol. The third-order valence-electron chi connectivity index (χ3n) is 3.82.